The molecule has 0 aromatic heterocycles. The maximum atomic E-state index is 12.6. The number of carbonyl (C=O) groups is 2. The van der Waals surface area contributed by atoms with Crippen LogP contribution in [0.3, 0.4) is 0 Å². The van der Waals surface area contributed by atoms with Crippen LogP contribution < -0.4 is 5.32 Å². The van der Waals surface area contributed by atoms with Crippen molar-refractivity contribution >= 4 is 21.7 Å². The number of sulfone groups is 1. The van der Waals surface area contributed by atoms with E-state index in [1.54, 1.807) is 44.2 Å². The average molecular weight is 375 g/mol. The Kier molecular flexibility index (Phi) is 5.82. The fourth-order valence-corrected chi connectivity index (χ4v) is 3.32. The summed E-state index contributed by atoms with van der Waals surface area (Å²) in [6.45, 7) is 3.35. The number of amides is 1. The van der Waals surface area contributed by atoms with Gasteiger partial charge in [0.25, 0.3) is 5.91 Å². The van der Waals surface area contributed by atoms with Crippen molar-refractivity contribution in [2.75, 3.05) is 12.8 Å². The summed E-state index contributed by atoms with van der Waals surface area (Å²) in [7, 11) is -3.46. The van der Waals surface area contributed by atoms with Gasteiger partial charge in [0, 0.05) is 18.4 Å². The van der Waals surface area contributed by atoms with Gasteiger partial charge in [-0.25, -0.2) is 8.42 Å². The van der Waals surface area contributed by atoms with Crippen LogP contribution in [0.1, 0.15) is 33.0 Å². The van der Waals surface area contributed by atoms with E-state index in [4.69, 9.17) is 0 Å². The molecule has 0 spiro atoms. The lowest BCUT2D eigenvalue weighted by Gasteiger charge is -2.16. The molecule has 1 amide bonds. The Morgan fingerprint density at radius 3 is 2.27 bits per heavy atom. The minimum Gasteiger partial charge on any atom is -0.481 e. The van der Waals surface area contributed by atoms with Gasteiger partial charge in [-0.15, -0.1) is 0 Å². The van der Waals surface area contributed by atoms with Crippen LogP contribution in [0.4, 0.5) is 0 Å². The quantitative estimate of drug-likeness (QED) is 0.807. The second-order valence-electron chi connectivity index (χ2n) is 6.20. The molecular weight excluding hydrogens is 354 g/mol. The molecule has 0 heterocycles. The molecule has 26 heavy (non-hydrogen) atoms. The summed E-state index contributed by atoms with van der Waals surface area (Å²) < 4.78 is 23.6. The Hall–Kier alpha value is -2.67. The predicted molar refractivity (Wildman–Crippen MR) is 98.2 cm³/mol. The van der Waals surface area contributed by atoms with Gasteiger partial charge in [-0.05, 0) is 42.7 Å². The Morgan fingerprint density at radius 1 is 1.12 bits per heavy atom. The van der Waals surface area contributed by atoms with E-state index >= 15 is 0 Å². The summed E-state index contributed by atoms with van der Waals surface area (Å²) >= 11 is 0. The molecule has 2 aromatic carbocycles. The van der Waals surface area contributed by atoms with E-state index in [9.17, 15) is 23.1 Å². The molecule has 2 N–H and O–H groups in total. The van der Waals surface area contributed by atoms with Crippen molar-refractivity contribution in [3.8, 4) is 0 Å². The average Bonchev–Trinajstić information content (AvgIpc) is 2.56. The molecule has 6 nitrogen and oxygen atoms in total. The fourth-order valence-electron chi connectivity index (χ4n) is 2.60. The predicted octanol–water partition coefficient (Wildman–Crippen LogP) is 2.31. The highest BCUT2D eigenvalue weighted by molar-refractivity contribution is 7.90. The summed E-state index contributed by atoms with van der Waals surface area (Å²) in [5, 5.41) is 12.0. The first-order valence-corrected chi connectivity index (χ1v) is 9.87. The van der Waals surface area contributed by atoms with Crippen molar-refractivity contribution in [2.45, 2.75) is 24.7 Å². The van der Waals surface area contributed by atoms with Crippen LogP contribution in [-0.4, -0.2) is 38.2 Å². The minimum absolute atomic E-state index is 0.0589. The lowest BCUT2D eigenvalue weighted by Crippen LogP contribution is -2.32. The minimum atomic E-state index is -3.46. The number of benzene rings is 2. The standard InChI is InChI=1S/C19H21NO5S/c1-12-9-15(26(3,24)25)10-16(13(12)2)18(21)20-11-17(19(22)23)14-7-5-4-6-8-14/h4-10,17H,11H2,1-3H3,(H,20,21)(H,22,23). The van der Waals surface area contributed by atoms with Crippen LogP contribution >= 0.6 is 0 Å². The Balaban J connectivity index is 2.27. The van der Waals surface area contributed by atoms with Gasteiger partial charge in [-0.1, -0.05) is 30.3 Å². The van der Waals surface area contributed by atoms with Crippen LogP contribution in [0.25, 0.3) is 0 Å². The highest BCUT2D eigenvalue weighted by Crippen LogP contribution is 2.21. The molecule has 0 aliphatic rings. The van der Waals surface area contributed by atoms with Crippen LogP contribution in [0.5, 0.6) is 0 Å². The normalized spacial score (nSPS) is 12.4. The maximum Gasteiger partial charge on any atom is 0.312 e. The van der Waals surface area contributed by atoms with Gasteiger partial charge < -0.3 is 10.4 Å². The summed E-state index contributed by atoms with van der Waals surface area (Å²) in [6, 6.07) is 11.5. The summed E-state index contributed by atoms with van der Waals surface area (Å²) in [5.74, 6) is -2.44. The van der Waals surface area contributed by atoms with E-state index < -0.39 is 27.6 Å². The van der Waals surface area contributed by atoms with Crippen molar-refractivity contribution in [2.24, 2.45) is 0 Å². The molecule has 0 bridgehead atoms. The van der Waals surface area contributed by atoms with Crippen molar-refractivity contribution in [1.82, 2.24) is 5.32 Å². The van der Waals surface area contributed by atoms with Crippen LogP contribution in [0.2, 0.25) is 0 Å². The number of carbonyl (C=O) groups excluding carboxylic acids is 1. The van der Waals surface area contributed by atoms with Crippen molar-refractivity contribution in [1.29, 1.82) is 0 Å². The molecule has 0 saturated carbocycles. The van der Waals surface area contributed by atoms with Gasteiger partial charge in [0.2, 0.25) is 0 Å². The molecule has 0 aliphatic carbocycles. The number of carboxylic acids is 1. The first-order chi connectivity index (χ1) is 12.1. The zero-order valence-electron chi connectivity index (χ0n) is 14.8. The first kappa shape index (κ1) is 19.7. The van der Waals surface area contributed by atoms with Gasteiger partial charge in [0.1, 0.15) is 0 Å². The monoisotopic (exact) mass is 375 g/mol. The number of aryl methyl sites for hydroxylation is 1. The fraction of sp³-hybridized carbons (Fsp3) is 0.263. The SMILES string of the molecule is Cc1cc(S(C)(=O)=O)cc(C(=O)NCC(C(=O)O)c2ccccc2)c1C. The van der Waals surface area contributed by atoms with E-state index in [0.29, 0.717) is 16.7 Å². The van der Waals surface area contributed by atoms with E-state index in [1.165, 1.54) is 12.1 Å². The molecule has 1 atom stereocenters. The third kappa shape index (κ3) is 4.49. The van der Waals surface area contributed by atoms with Gasteiger partial charge in [-0.3, -0.25) is 9.59 Å². The second kappa shape index (κ2) is 7.70. The molecule has 0 aliphatic heterocycles. The maximum absolute atomic E-state index is 12.6. The molecule has 2 aromatic rings. The molecule has 0 saturated heterocycles. The van der Waals surface area contributed by atoms with Crippen LogP contribution in [0, 0.1) is 13.8 Å². The number of carboxylic acid groups (broad SMARTS) is 1. The summed E-state index contributed by atoms with van der Waals surface area (Å²) in [5.41, 5.74) is 2.14. The topological polar surface area (TPSA) is 101 Å². The molecule has 0 radical (unpaired) electrons. The van der Waals surface area contributed by atoms with Gasteiger partial charge >= 0.3 is 5.97 Å². The van der Waals surface area contributed by atoms with Gasteiger partial charge in [0.05, 0.1) is 10.8 Å². The Bertz CT molecular complexity index is 936. The highest BCUT2D eigenvalue weighted by atomic mass is 32.2. The lowest BCUT2D eigenvalue weighted by molar-refractivity contribution is -0.138. The number of hydrogen-bond donors (Lipinski definition) is 2. The molecule has 138 valence electrons. The van der Waals surface area contributed by atoms with Gasteiger partial charge in [-0.2, -0.15) is 0 Å². The largest absolute Gasteiger partial charge is 0.481 e. The molecule has 2 rings (SSSR count). The molecule has 0 fully saturated rings. The second-order valence-corrected chi connectivity index (χ2v) is 8.21. The van der Waals surface area contributed by atoms with Crippen LogP contribution in [0.15, 0.2) is 47.4 Å². The first-order valence-electron chi connectivity index (χ1n) is 7.98. The summed E-state index contributed by atoms with van der Waals surface area (Å²) in [4.78, 5) is 24.1. The number of rotatable bonds is 6. The van der Waals surface area contributed by atoms with Crippen LogP contribution in [-0.2, 0) is 14.6 Å². The lowest BCUT2D eigenvalue weighted by atomic mass is 9.98. The van der Waals surface area contributed by atoms with Crippen molar-refractivity contribution in [3.05, 3.63) is 64.7 Å². The highest BCUT2D eigenvalue weighted by Gasteiger charge is 2.22. The van der Waals surface area contributed by atoms with E-state index in [2.05, 4.69) is 5.32 Å². The number of nitrogens with one attached hydrogen (secondary N) is 1. The zero-order valence-corrected chi connectivity index (χ0v) is 15.6. The third-order valence-electron chi connectivity index (χ3n) is 4.28. The van der Waals surface area contributed by atoms with E-state index in [1.807, 2.05) is 0 Å². The third-order valence-corrected chi connectivity index (χ3v) is 5.37. The van der Waals surface area contributed by atoms with Gasteiger partial charge in [0.15, 0.2) is 9.84 Å². The van der Waals surface area contributed by atoms with Crippen molar-refractivity contribution in [3.63, 3.8) is 0 Å². The Morgan fingerprint density at radius 2 is 1.73 bits per heavy atom. The molecular formula is C19H21NO5S. The Labute approximate surface area is 152 Å². The molecule has 7 heteroatoms. The van der Waals surface area contributed by atoms with E-state index in [0.717, 1.165) is 6.26 Å². The summed E-state index contributed by atoms with van der Waals surface area (Å²) in [6.07, 6.45) is 1.08. The zero-order chi connectivity index (χ0) is 19.5. The number of hydrogen-bond acceptors (Lipinski definition) is 4. The van der Waals surface area contributed by atoms with Crippen molar-refractivity contribution < 1.29 is 23.1 Å². The molecule has 1 unspecified atom stereocenters. The number of aliphatic carboxylic acids is 1. The smallest absolute Gasteiger partial charge is 0.312 e. The van der Waals surface area contributed by atoms with E-state index in [-0.39, 0.29) is 17.0 Å².